The van der Waals surface area contributed by atoms with Crippen LogP contribution in [-0.2, 0) is 19.0 Å². The van der Waals surface area contributed by atoms with Gasteiger partial charge in [-0.15, -0.1) is 0 Å². The monoisotopic (exact) mass is 408 g/mol. The molecule has 5 rings (SSSR count). The summed E-state index contributed by atoms with van der Waals surface area (Å²) in [5, 5.41) is 10.2. The highest BCUT2D eigenvalue weighted by molar-refractivity contribution is 5.71. The molecule has 0 radical (unpaired) electrons. The number of rotatable bonds is 6. The molecule has 5 heteroatoms. The molecule has 0 amide bonds. The second kappa shape index (κ2) is 8.84. The summed E-state index contributed by atoms with van der Waals surface area (Å²) >= 11 is 0. The minimum Gasteiger partial charge on any atom is -0.457 e. The summed E-state index contributed by atoms with van der Waals surface area (Å²) in [5.41, 5.74) is -0.294. The van der Waals surface area contributed by atoms with Crippen LogP contribution in [0.25, 0.3) is 0 Å². The smallest absolute Gasteiger partial charge is 0.332 e. The van der Waals surface area contributed by atoms with Crippen LogP contribution in [0.2, 0.25) is 0 Å². The molecule has 0 aromatic heterocycles. The van der Waals surface area contributed by atoms with E-state index in [2.05, 4.69) is 20.8 Å². The fraction of sp³-hybridized carbons (Fsp3) is 0.958. The third-order valence-electron chi connectivity index (χ3n) is 8.93. The van der Waals surface area contributed by atoms with Crippen molar-refractivity contribution in [2.24, 2.45) is 35.5 Å². The SMILES string of the molecule is CC1CCC(OCOCC(=O)OC2(C)C3CC4CC(C3)CC2C4)CC[C@@H](O)C1C. The largest absolute Gasteiger partial charge is 0.457 e. The van der Waals surface area contributed by atoms with Gasteiger partial charge in [-0.05, 0) is 100 Å². The molecule has 5 fully saturated rings. The van der Waals surface area contributed by atoms with Gasteiger partial charge < -0.3 is 19.3 Å². The minimum atomic E-state index is -0.294. The highest BCUT2D eigenvalue weighted by Gasteiger charge is 2.57. The van der Waals surface area contributed by atoms with Crippen molar-refractivity contribution in [3.63, 3.8) is 0 Å². The van der Waals surface area contributed by atoms with Gasteiger partial charge in [0.2, 0.25) is 0 Å². The van der Waals surface area contributed by atoms with E-state index in [0.29, 0.717) is 23.7 Å². The summed E-state index contributed by atoms with van der Waals surface area (Å²) in [6, 6.07) is 0. The van der Waals surface area contributed by atoms with E-state index >= 15 is 0 Å². The summed E-state index contributed by atoms with van der Waals surface area (Å²) in [6.45, 7) is 6.58. The molecule has 0 spiro atoms. The molecule has 4 bridgehead atoms. The van der Waals surface area contributed by atoms with Crippen LogP contribution in [0.15, 0.2) is 0 Å². The first kappa shape index (κ1) is 21.6. The van der Waals surface area contributed by atoms with Gasteiger partial charge in [0.15, 0.2) is 0 Å². The maximum absolute atomic E-state index is 12.5. The molecule has 0 aromatic rings. The Morgan fingerprint density at radius 2 is 1.59 bits per heavy atom. The quantitative estimate of drug-likeness (QED) is 0.403. The van der Waals surface area contributed by atoms with Crippen LogP contribution >= 0.6 is 0 Å². The van der Waals surface area contributed by atoms with E-state index in [1.54, 1.807) is 0 Å². The highest BCUT2D eigenvalue weighted by atomic mass is 16.7. The van der Waals surface area contributed by atoms with E-state index in [-0.39, 0.29) is 37.2 Å². The van der Waals surface area contributed by atoms with Crippen LogP contribution in [0.5, 0.6) is 0 Å². The standard InChI is InChI=1S/C24H40O5/c1-15-4-5-21(6-7-22(25)16(15)2)28-14-27-13-23(26)29-24(3)19-9-17-8-18(11-19)12-20(24)10-17/h15-22,25H,4-14H2,1-3H3/t15?,16?,17?,18?,19?,20?,21?,22-,24?/m1/s1. The van der Waals surface area contributed by atoms with E-state index in [1.807, 2.05) is 0 Å². The van der Waals surface area contributed by atoms with Gasteiger partial charge in [0, 0.05) is 0 Å². The lowest BCUT2D eigenvalue weighted by molar-refractivity contribution is -0.210. The minimum absolute atomic E-state index is 0.0370. The molecule has 3 unspecified atom stereocenters. The molecular formula is C24H40O5. The molecule has 5 aliphatic rings. The van der Waals surface area contributed by atoms with Gasteiger partial charge in [0.25, 0.3) is 0 Å². The van der Waals surface area contributed by atoms with Gasteiger partial charge in [-0.2, -0.15) is 0 Å². The van der Waals surface area contributed by atoms with E-state index in [1.165, 1.54) is 32.1 Å². The van der Waals surface area contributed by atoms with Crippen molar-refractivity contribution in [2.45, 2.75) is 96.4 Å². The zero-order chi connectivity index (χ0) is 20.6. The molecule has 5 aliphatic carbocycles. The van der Waals surface area contributed by atoms with Crippen LogP contribution in [0.1, 0.15) is 78.6 Å². The van der Waals surface area contributed by atoms with Crippen LogP contribution in [0, 0.1) is 35.5 Å². The molecule has 0 saturated heterocycles. The molecule has 0 heterocycles. The van der Waals surface area contributed by atoms with Crippen molar-refractivity contribution in [1.29, 1.82) is 0 Å². The summed E-state index contributed by atoms with van der Waals surface area (Å²) in [4.78, 5) is 12.5. The van der Waals surface area contributed by atoms with Crippen molar-refractivity contribution < 1.29 is 24.1 Å². The lowest BCUT2D eigenvalue weighted by Crippen LogP contribution is -2.58. The van der Waals surface area contributed by atoms with Gasteiger partial charge in [-0.3, -0.25) is 0 Å². The molecule has 5 nitrogen and oxygen atoms in total. The molecule has 0 aromatic carbocycles. The topological polar surface area (TPSA) is 65.0 Å². The van der Waals surface area contributed by atoms with Gasteiger partial charge in [-0.25, -0.2) is 4.79 Å². The molecule has 29 heavy (non-hydrogen) atoms. The van der Waals surface area contributed by atoms with Crippen molar-refractivity contribution in [3.05, 3.63) is 0 Å². The van der Waals surface area contributed by atoms with Crippen molar-refractivity contribution >= 4 is 5.97 Å². The maximum atomic E-state index is 12.5. The van der Waals surface area contributed by atoms with E-state index in [4.69, 9.17) is 14.2 Å². The Bertz CT molecular complexity index is 534. The first-order valence-electron chi connectivity index (χ1n) is 11.9. The van der Waals surface area contributed by atoms with E-state index in [9.17, 15) is 9.90 Å². The van der Waals surface area contributed by atoms with Crippen LogP contribution in [0.4, 0.5) is 0 Å². The Kier molecular flexibility index (Phi) is 6.58. The Hall–Kier alpha value is -0.650. The third-order valence-corrected chi connectivity index (χ3v) is 8.93. The molecular weight excluding hydrogens is 368 g/mol. The first-order valence-corrected chi connectivity index (χ1v) is 11.9. The Balaban J connectivity index is 1.18. The second-order valence-corrected chi connectivity index (χ2v) is 10.8. The zero-order valence-corrected chi connectivity index (χ0v) is 18.5. The summed E-state index contributed by atoms with van der Waals surface area (Å²) < 4.78 is 17.4. The number of carbonyl (C=O) groups excluding carboxylic acids is 1. The summed E-state index contributed by atoms with van der Waals surface area (Å²) in [6.07, 6.45) is 9.79. The van der Waals surface area contributed by atoms with Crippen molar-refractivity contribution in [1.82, 2.24) is 0 Å². The predicted molar refractivity (Wildman–Crippen MR) is 110 cm³/mol. The van der Waals surface area contributed by atoms with Crippen LogP contribution in [-0.4, -0.2) is 42.3 Å². The van der Waals surface area contributed by atoms with E-state index < -0.39 is 0 Å². The second-order valence-electron chi connectivity index (χ2n) is 10.8. The van der Waals surface area contributed by atoms with Crippen LogP contribution in [0.3, 0.4) is 0 Å². The fourth-order valence-corrected chi connectivity index (χ4v) is 6.85. The molecule has 4 atom stereocenters. The molecule has 166 valence electrons. The average Bonchev–Trinajstić information content (AvgIpc) is 2.68. The van der Waals surface area contributed by atoms with Gasteiger partial charge in [-0.1, -0.05) is 13.8 Å². The van der Waals surface area contributed by atoms with Crippen molar-refractivity contribution in [3.8, 4) is 0 Å². The van der Waals surface area contributed by atoms with Gasteiger partial charge >= 0.3 is 5.97 Å². The van der Waals surface area contributed by atoms with Gasteiger partial charge in [0.1, 0.15) is 19.0 Å². The normalized spacial score (nSPS) is 46.9. The van der Waals surface area contributed by atoms with Crippen molar-refractivity contribution in [2.75, 3.05) is 13.4 Å². The van der Waals surface area contributed by atoms with Crippen LogP contribution < -0.4 is 0 Å². The summed E-state index contributed by atoms with van der Waals surface area (Å²) in [5.74, 6) is 3.37. The average molecular weight is 409 g/mol. The number of ether oxygens (including phenoxy) is 3. The van der Waals surface area contributed by atoms with E-state index in [0.717, 1.165) is 37.5 Å². The zero-order valence-electron chi connectivity index (χ0n) is 18.5. The number of esters is 1. The molecule has 1 N–H and O–H groups in total. The number of carbonyl (C=O) groups is 1. The Morgan fingerprint density at radius 1 is 0.966 bits per heavy atom. The highest BCUT2D eigenvalue weighted by Crippen LogP contribution is 2.59. The third kappa shape index (κ3) is 4.67. The first-order chi connectivity index (χ1) is 13.8. The summed E-state index contributed by atoms with van der Waals surface area (Å²) in [7, 11) is 0. The van der Waals surface area contributed by atoms with Gasteiger partial charge in [0.05, 0.1) is 12.2 Å². The lowest BCUT2D eigenvalue weighted by atomic mass is 9.50. The Labute approximate surface area is 175 Å². The maximum Gasteiger partial charge on any atom is 0.332 e. The number of aliphatic hydroxyl groups is 1. The number of hydrogen-bond donors (Lipinski definition) is 1. The molecule has 0 aliphatic heterocycles. The number of hydrogen-bond acceptors (Lipinski definition) is 5. The fourth-order valence-electron chi connectivity index (χ4n) is 6.85. The lowest BCUT2D eigenvalue weighted by Gasteiger charge is -2.59. The molecule has 5 saturated carbocycles. The predicted octanol–water partition coefficient (Wildman–Crippen LogP) is 4.31. The number of aliphatic hydroxyl groups excluding tert-OH is 1. The Morgan fingerprint density at radius 3 is 2.24 bits per heavy atom.